The van der Waals surface area contributed by atoms with Crippen LogP contribution in [-0.4, -0.2) is 154 Å². The molecule has 1 unspecified atom stereocenters. The number of likely N-dealkylation sites (tertiary alicyclic amines) is 1. The van der Waals surface area contributed by atoms with Crippen LogP contribution in [0.5, 0.6) is 5.75 Å². The first-order valence-electron chi connectivity index (χ1n) is 24.7. The van der Waals surface area contributed by atoms with Crippen LogP contribution in [0.4, 0.5) is 0 Å². The number of rotatable bonds is 10. The fourth-order valence-corrected chi connectivity index (χ4v) is 10.5. The Labute approximate surface area is 417 Å². The molecule has 3 aliphatic heterocycles. The average molecular weight is 972 g/mol. The van der Waals surface area contributed by atoms with Crippen molar-refractivity contribution in [3.63, 3.8) is 0 Å². The molecule has 2 fully saturated rings. The third-order valence-corrected chi connectivity index (χ3v) is 14.0. The highest BCUT2D eigenvalue weighted by Gasteiger charge is 2.47. The summed E-state index contributed by atoms with van der Waals surface area (Å²) in [4.78, 5) is 81.0. The van der Waals surface area contributed by atoms with Gasteiger partial charge in [-0.15, -0.1) is 0 Å². The number of aromatic nitrogens is 2. The molecule has 16 nitrogen and oxygen atoms in total. The first-order valence-corrected chi connectivity index (χ1v) is 24.7. The smallest absolute Gasteiger partial charge is 0.409 e. The quantitative estimate of drug-likeness (QED) is 0.0916. The third kappa shape index (κ3) is 11.4. The van der Waals surface area contributed by atoms with Crippen molar-refractivity contribution in [2.45, 2.75) is 111 Å². The van der Waals surface area contributed by atoms with Gasteiger partial charge in [0.2, 0.25) is 11.9 Å². The minimum atomic E-state index is -1.24. The monoisotopic (exact) mass is 972 g/mol. The Balaban J connectivity index is 1.28. The molecule has 0 saturated carbocycles. The number of hydrogen-bond acceptors (Lipinski definition) is 11. The Morgan fingerprint density at radius 1 is 1.10 bits per heavy atom. The van der Waals surface area contributed by atoms with Crippen LogP contribution < -0.4 is 5.43 Å². The van der Waals surface area contributed by atoms with E-state index in [1.54, 1.807) is 37.4 Å². The number of aryl methyl sites for hydroxylation is 1. The molecule has 378 valence electrons. The number of hydrogen-bond donors (Lipinski definition) is 2. The molecule has 5 atom stereocenters. The van der Waals surface area contributed by atoms with E-state index in [9.17, 15) is 29.1 Å². The number of nitrogens with one attached hydrogen (secondary N) is 1. The zero-order chi connectivity index (χ0) is 51.5. The number of amides is 4. The summed E-state index contributed by atoms with van der Waals surface area (Å²) in [6.45, 7) is 17.9. The molecule has 5 heterocycles. The van der Waals surface area contributed by atoms with Gasteiger partial charge >= 0.3 is 17.8 Å². The molecular formula is C55H71N8O8+. The highest BCUT2D eigenvalue weighted by atomic mass is 16.5. The molecule has 2 aromatic heterocycles. The molecule has 0 aliphatic carbocycles. The zero-order valence-electron chi connectivity index (χ0n) is 43.1. The van der Waals surface area contributed by atoms with Crippen molar-refractivity contribution in [1.29, 1.82) is 0 Å². The summed E-state index contributed by atoms with van der Waals surface area (Å²) in [6, 6.07) is 12.0. The number of fused-ring (bicyclic) bond motifs is 6. The molecule has 0 radical (unpaired) electrons. The molecule has 3 aliphatic rings. The second kappa shape index (κ2) is 21.9. The topological polar surface area (TPSA) is 170 Å². The van der Waals surface area contributed by atoms with E-state index in [-0.39, 0.29) is 49.7 Å². The summed E-state index contributed by atoms with van der Waals surface area (Å²) in [5.74, 6) is 2.35. The number of aromatic hydroxyl groups is 1. The van der Waals surface area contributed by atoms with Gasteiger partial charge in [0, 0.05) is 74.3 Å². The van der Waals surface area contributed by atoms with E-state index in [1.807, 2.05) is 58.0 Å². The molecule has 71 heavy (non-hydrogen) atoms. The van der Waals surface area contributed by atoms with Gasteiger partial charge in [-0.3, -0.25) is 34.1 Å². The number of ether oxygens (including phenoxy) is 2. The predicted molar refractivity (Wildman–Crippen MR) is 272 cm³/mol. The van der Waals surface area contributed by atoms with Gasteiger partial charge in [-0.1, -0.05) is 45.7 Å². The zero-order valence-corrected chi connectivity index (χ0v) is 43.1. The van der Waals surface area contributed by atoms with Crippen molar-refractivity contribution in [3.8, 4) is 40.0 Å². The number of benzene rings is 2. The number of carbonyl (C=O) groups excluding carboxylic acids is 5. The lowest BCUT2D eigenvalue weighted by atomic mass is 9.84. The van der Waals surface area contributed by atoms with Gasteiger partial charge in [0.1, 0.15) is 18.5 Å². The van der Waals surface area contributed by atoms with Crippen LogP contribution in [0.1, 0.15) is 77.6 Å². The Morgan fingerprint density at radius 2 is 1.86 bits per heavy atom. The first kappa shape index (κ1) is 52.4. The summed E-state index contributed by atoms with van der Waals surface area (Å²) < 4.78 is 15.2. The lowest BCUT2D eigenvalue weighted by molar-refractivity contribution is -0.472. The van der Waals surface area contributed by atoms with E-state index in [0.717, 1.165) is 43.6 Å². The molecule has 16 heteroatoms. The van der Waals surface area contributed by atoms with E-state index < -0.39 is 53.2 Å². The summed E-state index contributed by atoms with van der Waals surface area (Å²) in [6.07, 6.45) is 3.55. The van der Waals surface area contributed by atoms with Crippen molar-refractivity contribution >= 4 is 47.2 Å². The molecular weight excluding hydrogens is 901 g/mol. The van der Waals surface area contributed by atoms with Crippen LogP contribution in [0, 0.1) is 29.1 Å². The maximum Gasteiger partial charge on any atom is 0.409 e. The normalized spacial score (nSPS) is 20.8. The van der Waals surface area contributed by atoms with Gasteiger partial charge in [0.25, 0.3) is 5.91 Å². The fourth-order valence-electron chi connectivity index (χ4n) is 10.5. The maximum absolute atomic E-state index is 15.0. The minimum absolute atomic E-state index is 0.0285. The largest absolute Gasteiger partial charge is 0.508 e. The van der Waals surface area contributed by atoms with Gasteiger partial charge in [-0.05, 0) is 124 Å². The summed E-state index contributed by atoms with van der Waals surface area (Å²) >= 11 is 0. The molecule has 2 aromatic carbocycles. The fraction of sp³-hybridized carbons (Fsp3) is 0.509. The number of nitrogens with zero attached hydrogens (tertiary/aromatic N) is 7. The van der Waals surface area contributed by atoms with Gasteiger partial charge < -0.3 is 28.9 Å². The van der Waals surface area contributed by atoms with Crippen LogP contribution in [0.25, 0.3) is 33.3 Å². The van der Waals surface area contributed by atoms with Crippen LogP contribution in [0.2, 0.25) is 0 Å². The van der Waals surface area contributed by atoms with Crippen molar-refractivity contribution < 1.29 is 43.1 Å². The maximum atomic E-state index is 15.0. The minimum Gasteiger partial charge on any atom is -0.508 e. The standard InChI is InChI=1S/C55H70N8O8/c1-12-61-46-20-19-37-29-42(46)43(50(61)41-16-13-21-56-45(41)32-70-11)30-55(5,6)33-71-54(69)44-17-14-23-63(57-44)52(67)47(27-36-25-38(37)28-40(64)26-36)59(9)53(68)49(34(2)3)60(10)51(66)39-24-35(4)62(31-39)48(65)18-15-22-58(7)8/h13,16,19-21,25-26,28-29,34-35,39,44,47,49,57H,9,12,14,17,22-24,27,30-33H2,1-8,10-11H3/p+1/t35-,39+,44+,47?,49-/m1/s1. The van der Waals surface area contributed by atoms with Gasteiger partial charge in [-0.2, -0.15) is 4.58 Å². The Morgan fingerprint density at radius 3 is 2.56 bits per heavy atom. The lowest BCUT2D eigenvalue weighted by Gasteiger charge is -2.35. The lowest BCUT2D eigenvalue weighted by Crippen LogP contribution is -2.61. The predicted octanol–water partition coefficient (Wildman–Crippen LogP) is 5.30. The van der Waals surface area contributed by atoms with Gasteiger partial charge in [-0.25, -0.2) is 10.2 Å². The Bertz CT molecular complexity index is 2770. The molecule has 2 saturated heterocycles. The molecule has 2 N–H and O–H groups in total. The number of methoxy groups -OCH3 is 1. The molecule has 7 rings (SSSR count). The van der Waals surface area contributed by atoms with Crippen LogP contribution in [0.15, 0.2) is 54.7 Å². The highest BCUT2D eigenvalue weighted by molar-refractivity contribution is 5.96. The SMILES string of the molecule is C=[N+](C(=O)[C@@H](C(C)C)N(C)C(=O)[C@H]1C[C@@H](C)N(C(=O)C#CCN(C)C)C1)C1Cc2cc(O)cc(c2)-c2ccc3c(c2)c(c(-c2cccnc2COC)n3CC)CC(C)(C)COC(=O)[C@@H]2CCCN(N2)C1=O. The van der Waals surface area contributed by atoms with E-state index in [4.69, 9.17) is 14.5 Å². The van der Waals surface area contributed by atoms with Gasteiger partial charge in [0.15, 0.2) is 6.04 Å². The molecule has 6 bridgehead atoms. The number of cyclic esters (lactones) is 1. The second-order valence-corrected chi connectivity index (χ2v) is 20.8. The van der Waals surface area contributed by atoms with Crippen molar-refractivity contribution in [1.82, 2.24) is 34.7 Å². The van der Waals surface area contributed by atoms with Crippen LogP contribution in [-0.2, 0) is 59.4 Å². The number of pyridine rings is 1. The van der Waals surface area contributed by atoms with E-state index in [2.05, 4.69) is 67.5 Å². The summed E-state index contributed by atoms with van der Waals surface area (Å²) in [5, 5.41) is 13.8. The summed E-state index contributed by atoms with van der Waals surface area (Å²) in [7, 11) is 6.96. The Kier molecular flexibility index (Phi) is 16.2. The average Bonchev–Trinajstić information content (AvgIpc) is 3.87. The van der Waals surface area contributed by atoms with Crippen molar-refractivity contribution in [2.75, 3.05) is 54.5 Å². The van der Waals surface area contributed by atoms with Crippen LogP contribution >= 0.6 is 0 Å². The number of phenols is 1. The van der Waals surface area contributed by atoms with Crippen molar-refractivity contribution in [2.24, 2.45) is 17.3 Å². The van der Waals surface area contributed by atoms with E-state index in [1.165, 1.54) is 9.91 Å². The summed E-state index contributed by atoms with van der Waals surface area (Å²) in [5.41, 5.74) is 9.45. The van der Waals surface area contributed by atoms with Gasteiger partial charge in [0.05, 0.1) is 37.1 Å². The third-order valence-electron chi connectivity index (χ3n) is 14.0. The number of esters is 1. The number of carbonyl (C=O) groups is 5. The second-order valence-electron chi connectivity index (χ2n) is 20.8. The molecule has 4 amide bonds. The van der Waals surface area contributed by atoms with Crippen LogP contribution in [0.3, 0.4) is 0 Å². The van der Waals surface area contributed by atoms with E-state index >= 15 is 0 Å². The first-order chi connectivity index (χ1) is 33.7. The number of phenolic OH excluding ortho intramolecular Hbond substituents is 1. The number of likely N-dealkylation sites (N-methyl/N-ethyl adjacent to an activating group) is 1. The molecule has 0 spiro atoms. The molecule has 4 aromatic rings. The highest BCUT2D eigenvalue weighted by Crippen LogP contribution is 2.41. The number of hydrazine groups is 1. The van der Waals surface area contributed by atoms with E-state index in [0.29, 0.717) is 56.5 Å². The van der Waals surface area contributed by atoms with Crippen molar-refractivity contribution in [3.05, 3.63) is 71.5 Å². The Hall–Kier alpha value is -6.41.